The Morgan fingerprint density at radius 2 is 2.09 bits per heavy atom. The predicted octanol–water partition coefficient (Wildman–Crippen LogP) is 1.99. The number of benzene rings is 1. The minimum Gasteiger partial charge on any atom is -0.467 e. The molecule has 1 atom stereocenters. The van der Waals surface area contributed by atoms with Gasteiger partial charge in [0, 0.05) is 14.1 Å². The highest BCUT2D eigenvalue weighted by molar-refractivity contribution is 5.92. The summed E-state index contributed by atoms with van der Waals surface area (Å²) >= 11 is 0. The zero-order valence-electron chi connectivity index (χ0n) is 12.7. The molecule has 22 heavy (non-hydrogen) atoms. The second-order valence-electron chi connectivity index (χ2n) is 5.56. The van der Waals surface area contributed by atoms with Crippen molar-refractivity contribution < 1.29 is 14.0 Å². The summed E-state index contributed by atoms with van der Waals surface area (Å²) in [5, 5.41) is 0. The van der Waals surface area contributed by atoms with Crippen LogP contribution in [0.3, 0.4) is 0 Å². The minimum absolute atomic E-state index is 0.0385. The van der Waals surface area contributed by atoms with Gasteiger partial charge in [0.05, 0.1) is 19.2 Å². The van der Waals surface area contributed by atoms with Crippen LogP contribution in [0.4, 0.5) is 0 Å². The van der Waals surface area contributed by atoms with Gasteiger partial charge in [-0.15, -0.1) is 0 Å². The molecule has 3 rings (SSSR count). The summed E-state index contributed by atoms with van der Waals surface area (Å²) in [4.78, 5) is 28.1. The molecule has 1 aromatic heterocycles. The number of fused-ring (bicyclic) bond motifs is 1. The van der Waals surface area contributed by atoms with Crippen LogP contribution >= 0.6 is 0 Å². The number of amides is 2. The molecule has 1 aliphatic rings. The number of hydrogen-bond donors (Lipinski definition) is 0. The molecule has 0 N–H and O–H groups in total. The molecule has 0 saturated heterocycles. The van der Waals surface area contributed by atoms with Crippen molar-refractivity contribution in [3.8, 4) is 0 Å². The Kier molecular flexibility index (Phi) is 3.71. The molecule has 114 valence electrons. The van der Waals surface area contributed by atoms with E-state index >= 15 is 0 Å². The summed E-state index contributed by atoms with van der Waals surface area (Å²) < 4.78 is 5.28. The maximum atomic E-state index is 12.8. The average molecular weight is 298 g/mol. The van der Waals surface area contributed by atoms with E-state index in [0.29, 0.717) is 18.7 Å². The van der Waals surface area contributed by atoms with Crippen LogP contribution in [0.15, 0.2) is 47.1 Å². The Morgan fingerprint density at radius 1 is 1.32 bits per heavy atom. The molecule has 0 unspecified atom stereocenters. The lowest BCUT2D eigenvalue weighted by molar-refractivity contribution is -0.145. The zero-order chi connectivity index (χ0) is 15.7. The van der Waals surface area contributed by atoms with E-state index in [-0.39, 0.29) is 11.8 Å². The van der Waals surface area contributed by atoms with Crippen LogP contribution in [0, 0.1) is 0 Å². The SMILES string of the molecule is CN(Cc1ccco1)C(=O)[C@H]1c2ccccc2CC(=O)N1C. The lowest BCUT2D eigenvalue weighted by atomic mass is 9.92. The fourth-order valence-electron chi connectivity index (χ4n) is 2.82. The van der Waals surface area contributed by atoms with Crippen LogP contribution in [0.1, 0.15) is 22.9 Å². The molecule has 0 fully saturated rings. The van der Waals surface area contributed by atoms with Crippen molar-refractivity contribution in [3.05, 3.63) is 59.5 Å². The van der Waals surface area contributed by atoms with E-state index in [2.05, 4.69) is 0 Å². The number of rotatable bonds is 3. The largest absolute Gasteiger partial charge is 0.467 e. The summed E-state index contributed by atoms with van der Waals surface area (Å²) in [7, 11) is 3.40. The molecule has 5 nitrogen and oxygen atoms in total. The maximum Gasteiger partial charge on any atom is 0.250 e. The summed E-state index contributed by atoms with van der Waals surface area (Å²) in [6.45, 7) is 0.381. The molecule has 0 bridgehead atoms. The first-order valence-corrected chi connectivity index (χ1v) is 7.18. The molecule has 0 saturated carbocycles. The van der Waals surface area contributed by atoms with Gasteiger partial charge in [0.15, 0.2) is 0 Å². The maximum absolute atomic E-state index is 12.8. The smallest absolute Gasteiger partial charge is 0.250 e. The van der Waals surface area contributed by atoms with Gasteiger partial charge < -0.3 is 14.2 Å². The van der Waals surface area contributed by atoms with Gasteiger partial charge in [-0.05, 0) is 23.3 Å². The number of furan rings is 1. The number of likely N-dealkylation sites (N-methyl/N-ethyl adjacent to an activating group) is 2. The van der Waals surface area contributed by atoms with Crippen molar-refractivity contribution >= 4 is 11.8 Å². The summed E-state index contributed by atoms with van der Waals surface area (Å²) in [6, 6.07) is 10.7. The Morgan fingerprint density at radius 3 is 2.82 bits per heavy atom. The van der Waals surface area contributed by atoms with Crippen LogP contribution in [-0.4, -0.2) is 35.7 Å². The van der Waals surface area contributed by atoms with Gasteiger partial charge >= 0.3 is 0 Å². The highest BCUT2D eigenvalue weighted by Crippen LogP contribution is 2.30. The lowest BCUT2D eigenvalue weighted by Gasteiger charge is -2.35. The molecule has 0 aliphatic carbocycles. The lowest BCUT2D eigenvalue weighted by Crippen LogP contribution is -2.45. The van der Waals surface area contributed by atoms with E-state index in [4.69, 9.17) is 4.42 Å². The molecule has 0 radical (unpaired) electrons. The predicted molar refractivity (Wildman–Crippen MR) is 80.8 cm³/mol. The third kappa shape index (κ3) is 2.50. The number of carbonyl (C=O) groups excluding carboxylic acids is 2. The second-order valence-corrected chi connectivity index (χ2v) is 5.56. The van der Waals surface area contributed by atoms with Crippen LogP contribution in [0.5, 0.6) is 0 Å². The first kappa shape index (κ1) is 14.4. The monoisotopic (exact) mass is 298 g/mol. The Labute approximate surface area is 129 Å². The van der Waals surface area contributed by atoms with Gasteiger partial charge in [0.2, 0.25) is 11.8 Å². The number of nitrogens with zero attached hydrogens (tertiary/aromatic N) is 2. The van der Waals surface area contributed by atoms with Crippen LogP contribution in [0.2, 0.25) is 0 Å². The topological polar surface area (TPSA) is 53.8 Å². The van der Waals surface area contributed by atoms with Crippen LogP contribution in [-0.2, 0) is 22.6 Å². The Hall–Kier alpha value is -2.56. The fraction of sp³-hybridized carbons (Fsp3) is 0.294. The molecule has 2 amide bonds. The number of carbonyl (C=O) groups is 2. The third-order valence-electron chi connectivity index (χ3n) is 4.06. The first-order chi connectivity index (χ1) is 10.6. The first-order valence-electron chi connectivity index (χ1n) is 7.18. The van der Waals surface area contributed by atoms with Crippen molar-refractivity contribution in [2.75, 3.05) is 14.1 Å². The molecule has 1 aliphatic heterocycles. The minimum atomic E-state index is -0.572. The van der Waals surface area contributed by atoms with Crippen LogP contribution < -0.4 is 0 Å². The molecular weight excluding hydrogens is 280 g/mol. The number of hydrogen-bond acceptors (Lipinski definition) is 3. The Balaban J connectivity index is 1.88. The summed E-state index contributed by atoms with van der Waals surface area (Å²) in [5.74, 6) is 0.566. The van der Waals surface area contributed by atoms with Gasteiger partial charge in [-0.25, -0.2) is 0 Å². The van der Waals surface area contributed by atoms with Crippen molar-refractivity contribution in [3.63, 3.8) is 0 Å². The van der Waals surface area contributed by atoms with Crippen molar-refractivity contribution in [1.29, 1.82) is 0 Å². The van der Waals surface area contributed by atoms with E-state index in [1.54, 1.807) is 31.3 Å². The van der Waals surface area contributed by atoms with Gasteiger partial charge in [-0.3, -0.25) is 9.59 Å². The summed E-state index contributed by atoms with van der Waals surface area (Å²) in [5.41, 5.74) is 1.83. The second kappa shape index (κ2) is 5.67. The highest BCUT2D eigenvalue weighted by Gasteiger charge is 2.36. The Bertz CT molecular complexity index is 694. The van der Waals surface area contributed by atoms with Gasteiger partial charge in [0.1, 0.15) is 11.8 Å². The molecule has 1 aromatic carbocycles. The van der Waals surface area contributed by atoms with Gasteiger partial charge in [-0.2, -0.15) is 0 Å². The molecule has 0 spiro atoms. The van der Waals surface area contributed by atoms with Crippen molar-refractivity contribution in [1.82, 2.24) is 9.80 Å². The summed E-state index contributed by atoms with van der Waals surface area (Å²) in [6.07, 6.45) is 1.93. The zero-order valence-corrected chi connectivity index (χ0v) is 12.7. The van der Waals surface area contributed by atoms with E-state index in [9.17, 15) is 9.59 Å². The fourth-order valence-corrected chi connectivity index (χ4v) is 2.82. The van der Waals surface area contributed by atoms with Crippen molar-refractivity contribution in [2.24, 2.45) is 0 Å². The standard InChI is InChI=1S/C17H18N2O3/c1-18(11-13-7-5-9-22-13)17(21)16-14-8-4-3-6-12(14)10-15(20)19(16)2/h3-9,16H,10-11H2,1-2H3/t16-/m1/s1. The molecular formula is C17H18N2O3. The quantitative estimate of drug-likeness (QED) is 0.871. The third-order valence-corrected chi connectivity index (χ3v) is 4.06. The van der Waals surface area contributed by atoms with E-state index in [1.807, 2.05) is 30.3 Å². The van der Waals surface area contributed by atoms with E-state index < -0.39 is 6.04 Å². The molecule has 5 heteroatoms. The average Bonchev–Trinajstić information content (AvgIpc) is 3.01. The molecule has 2 aromatic rings. The molecule has 2 heterocycles. The normalized spacial score (nSPS) is 17.3. The highest BCUT2D eigenvalue weighted by atomic mass is 16.3. The van der Waals surface area contributed by atoms with Gasteiger partial charge in [-0.1, -0.05) is 24.3 Å². The van der Waals surface area contributed by atoms with Crippen LogP contribution in [0.25, 0.3) is 0 Å². The van der Waals surface area contributed by atoms with E-state index in [1.165, 1.54) is 4.90 Å². The van der Waals surface area contributed by atoms with Crippen molar-refractivity contribution in [2.45, 2.75) is 19.0 Å². The van der Waals surface area contributed by atoms with Gasteiger partial charge in [0.25, 0.3) is 0 Å². The van der Waals surface area contributed by atoms with E-state index in [0.717, 1.165) is 11.1 Å².